The molecular formula is C13H17FN2O3. The molecule has 0 radical (unpaired) electrons. The summed E-state index contributed by atoms with van der Waals surface area (Å²) in [6.07, 6.45) is -0.0425. The number of nitrogens with one attached hydrogen (secondary N) is 2. The smallest absolute Gasteiger partial charge is 0.251 e. The number of amides is 2. The highest BCUT2D eigenvalue weighted by molar-refractivity contribution is 5.96. The van der Waals surface area contributed by atoms with Crippen LogP contribution in [0.2, 0.25) is 0 Å². The summed E-state index contributed by atoms with van der Waals surface area (Å²) in [5, 5.41) is 14.1. The molecule has 2 amide bonds. The van der Waals surface area contributed by atoms with E-state index in [-0.39, 0.29) is 24.6 Å². The quantitative estimate of drug-likeness (QED) is 0.700. The van der Waals surface area contributed by atoms with Crippen molar-refractivity contribution in [3.63, 3.8) is 0 Å². The Kier molecular flexibility index (Phi) is 5.95. The molecule has 1 rings (SSSR count). The SMILES string of the molecule is CCC(O)CNC(=O)CNC(=O)c1ccc(F)cc1. The van der Waals surface area contributed by atoms with Crippen LogP contribution in [0, 0.1) is 5.82 Å². The third-order valence-corrected chi connectivity index (χ3v) is 2.52. The molecule has 0 spiro atoms. The fourth-order valence-corrected chi connectivity index (χ4v) is 1.30. The van der Waals surface area contributed by atoms with Crippen LogP contribution in [0.4, 0.5) is 4.39 Å². The fraction of sp³-hybridized carbons (Fsp3) is 0.385. The van der Waals surface area contributed by atoms with Crippen LogP contribution in [0.25, 0.3) is 0 Å². The lowest BCUT2D eigenvalue weighted by molar-refractivity contribution is -0.120. The lowest BCUT2D eigenvalue weighted by atomic mass is 10.2. The second-order valence-electron chi connectivity index (χ2n) is 4.06. The molecule has 0 aliphatic rings. The van der Waals surface area contributed by atoms with Gasteiger partial charge in [0.2, 0.25) is 5.91 Å². The summed E-state index contributed by atoms with van der Waals surface area (Å²) in [5.74, 6) is -1.27. The van der Waals surface area contributed by atoms with Gasteiger partial charge in [0.25, 0.3) is 5.91 Å². The van der Waals surface area contributed by atoms with E-state index in [1.807, 2.05) is 0 Å². The van der Waals surface area contributed by atoms with E-state index in [1.165, 1.54) is 24.3 Å². The zero-order chi connectivity index (χ0) is 14.3. The highest BCUT2D eigenvalue weighted by Gasteiger charge is 2.09. The Morgan fingerprint density at radius 1 is 1.26 bits per heavy atom. The molecule has 1 aromatic carbocycles. The summed E-state index contributed by atoms with van der Waals surface area (Å²) in [7, 11) is 0. The number of rotatable bonds is 6. The molecule has 0 aliphatic heterocycles. The Morgan fingerprint density at radius 3 is 2.47 bits per heavy atom. The van der Waals surface area contributed by atoms with E-state index < -0.39 is 17.8 Å². The van der Waals surface area contributed by atoms with E-state index in [0.717, 1.165) is 0 Å². The fourth-order valence-electron chi connectivity index (χ4n) is 1.30. The van der Waals surface area contributed by atoms with Crippen molar-refractivity contribution in [3.8, 4) is 0 Å². The van der Waals surface area contributed by atoms with Crippen LogP contribution in [-0.4, -0.2) is 36.1 Å². The first-order valence-corrected chi connectivity index (χ1v) is 6.01. The first kappa shape index (κ1) is 15.1. The van der Waals surface area contributed by atoms with Crippen LogP contribution in [0.15, 0.2) is 24.3 Å². The maximum Gasteiger partial charge on any atom is 0.251 e. The summed E-state index contributed by atoms with van der Waals surface area (Å²) < 4.78 is 12.7. The van der Waals surface area contributed by atoms with Gasteiger partial charge in [-0.25, -0.2) is 4.39 Å². The van der Waals surface area contributed by atoms with Gasteiger partial charge in [-0.2, -0.15) is 0 Å². The molecule has 3 N–H and O–H groups in total. The molecule has 0 fully saturated rings. The Balaban J connectivity index is 2.34. The maximum absolute atomic E-state index is 12.7. The zero-order valence-electron chi connectivity index (χ0n) is 10.6. The summed E-state index contributed by atoms with van der Waals surface area (Å²) in [4.78, 5) is 22.9. The molecule has 0 saturated carbocycles. The molecule has 19 heavy (non-hydrogen) atoms. The van der Waals surface area contributed by atoms with Gasteiger partial charge < -0.3 is 15.7 Å². The van der Waals surface area contributed by atoms with E-state index in [0.29, 0.717) is 6.42 Å². The average molecular weight is 268 g/mol. The lowest BCUT2D eigenvalue weighted by Crippen LogP contribution is -2.39. The molecule has 0 saturated heterocycles. The van der Waals surface area contributed by atoms with Crippen LogP contribution in [0.5, 0.6) is 0 Å². The van der Waals surface area contributed by atoms with Crippen molar-refractivity contribution in [3.05, 3.63) is 35.6 Å². The molecule has 5 nitrogen and oxygen atoms in total. The van der Waals surface area contributed by atoms with Crippen molar-refractivity contribution in [2.45, 2.75) is 19.4 Å². The van der Waals surface area contributed by atoms with Crippen molar-refractivity contribution in [1.82, 2.24) is 10.6 Å². The van der Waals surface area contributed by atoms with Crippen LogP contribution in [-0.2, 0) is 4.79 Å². The molecule has 0 bridgehead atoms. The van der Waals surface area contributed by atoms with Gasteiger partial charge in [-0.15, -0.1) is 0 Å². The predicted octanol–water partition coefficient (Wildman–Crippen LogP) is 0.443. The second-order valence-corrected chi connectivity index (χ2v) is 4.06. The van der Waals surface area contributed by atoms with Crippen LogP contribution < -0.4 is 10.6 Å². The number of halogens is 1. The van der Waals surface area contributed by atoms with Crippen LogP contribution >= 0.6 is 0 Å². The van der Waals surface area contributed by atoms with Crippen LogP contribution in [0.1, 0.15) is 23.7 Å². The number of carbonyl (C=O) groups excluding carboxylic acids is 2. The van der Waals surface area contributed by atoms with Crippen molar-refractivity contribution in [2.24, 2.45) is 0 Å². The van der Waals surface area contributed by atoms with Gasteiger partial charge in [0.15, 0.2) is 0 Å². The maximum atomic E-state index is 12.7. The number of aliphatic hydroxyl groups excluding tert-OH is 1. The van der Waals surface area contributed by atoms with Gasteiger partial charge in [-0.3, -0.25) is 9.59 Å². The zero-order valence-corrected chi connectivity index (χ0v) is 10.6. The summed E-state index contributed by atoms with van der Waals surface area (Å²) in [5.41, 5.74) is 0.280. The van der Waals surface area contributed by atoms with E-state index in [2.05, 4.69) is 10.6 Å². The molecular weight excluding hydrogens is 251 g/mol. The number of benzene rings is 1. The lowest BCUT2D eigenvalue weighted by Gasteiger charge is -2.10. The summed E-state index contributed by atoms with van der Waals surface area (Å²) >= 11 is 0. The van der Waals surface area contributed by atoms with Gasteiger partial charge in [0.1, 0.15) is 5.82 Å². The number of aliphatic hydroxyl groups is 1. The molecule has 1 unspecified atom stereocenters. The minimum absolute atomic E-state index is 0.155. The minimum atomic E-state index is -0.586. The first-order chi connectivity index (χ1) is 9.02. The number of hydrogen-bond acceptors (Lipinski definition) is 3. The molecule has 0 aliphatic carbocycles. The van der Waals surface area contributed by atoms with Gasteiger partial charge in [-0.1, -0.05) is 6.92 Å². The topological polar surface area (TPSA) is 78.4 Å². The van der Waals surface area contributed by atoms with Crippen molar-refractivity contribution in [2.75, 3.05) is 13.1 Å². The Hall–Kier alpha value is -1.95. The van der Waals surface area contributed by atoms with Gasteiger partial charge in [0, 0.05) is 12.1 Å². The minimum Gasteiger partial charge on any atom is -0.391 e. The highest BCUT2D eigenvalue weighted by atomic mass is 19.1. The van der Waals surface area contributed by atoms with Crippen molar-refractivity contribution >= 4 is 11.8 Å². The van der Waals surface area contributed by atoms with E-state index in [1.54, 1.807) is 6.92 Å². The van der Waals surface area contributed by atoms with Crippen molar-refractivity contribution in [1.29, 1.82) is 0 Å². The van der Waals surface area contributed by atoms with E-state index >= 15 is 0 Å². The largest absolute Gasteiger partial charge is 0.391 e. The Labute approximate surface area is 110 Å². The molecule has 1 atom stereocenters. The molecule has 1 aromatic rings. The highest BCUT2D eigenvalue weighted by Crippen LogP contribution is 2.01. The van der Waals surface area contributed by atoms with Crippen molar-refractivity contribution < 1.29 is 19.1 Å². The molecule has 6 heteroatoms. The normalized spacial score (nSPS) is 11.7. The summed E-state index contributed by atoms with van der Waals surface area (Å²) in [6, 6.07) is 5.02. The van der Waals surface area contributed by atoms with Gasteiger partial charge in [-0.05, 0) is 30.7 Å². The standard InChI is InChI=1S/C13H17FN2O3/c1-2-11(17)7-15-12(18)8-16-13(19)9-3-5-10(14)6-4-9/h3-6,11,17H,2,7-8H2,1H3,(H,15,18)(H,16,19). The number of carbonyl (C=O) groups is 2. The summed E-state index contributed by atoms with van der Waals surface area (Å²) in [6.45, 7) is 1.77. The first-order valence-electron chi connectivity index (χ1n) is 6.01. The Morgan fingerprint density at radius 2 is 1.89 bits per heavy atom. The van der Waals surface area contributed by atoms with Gasteiger partial charge in [0.05, 0.1) is 12.6 Å². The second kappa shape index (κ2) is 7.48. The predicted molar refractivity (Wildman–Crippen MR) is 68.0 cm³/mol. The van der Waals surface area contributed by atoms with E-state index in [4.69, 9.17) is 0 Å². The molecule has 104 valence electrons. The van der Waals surface area contributed by atoms with E-state index in [9.17, 15) is 19.1 Å². The van der Waals surface area contributed by atoms with Crippen LogP contribution in [0.3, 0.4) is 0 Å². The molecule has 0 heterocycles. The average Bonchev–Trinajstić information content (AvgIpc) is 2.42. The third kappa shape index (κ3) is 5.48. The Bertz CT molecular complexity index is 434. The molecule has 0 aromatic heterocycles. The monoisotopic (exact) mass is 268 g/mol. The van der Waals surface area contributed by atoms with Gasteiger partial charge >= 0.3 is 0 Å². The third-order valence-electron chi connectivity index (χ3n) is 2.52. The number of hydrogen-bond donors (Lipinski definition) is 3.